The number of aromatic nitrogens is 3. The van der Waals surface area contributed by atoms with Crippen LogP contribution in [0.15, 0.2) is 82.4 Å². The first kappa shape index (κ1) is 22.9. The molecule has 0 saturated carbocycles. The Morgan fingerprint density at radius 1 is 0.824 bits per heavy atom. The second-order valence-electron chi connectivity index (χ2n) is 8.43. The SMILES string of the molecule is Cc1ccc(Cn2c(=O)c(C(=O)NCc3ccccc3)nn(-c3cc(C)cc(C)c3)c2=O)cc1. The van der Waals surface area contributed by atoms with Crippen LogP contribution in [0.25, 0.3) is 5.69 Å². The summed E-state index contributed by atoms with van der Waals surface area (Å²) in [6.45, 7) is 6.06. The topological polar surface area (TPSA) is 86.0 Å². The van der Waals surface area contributed by atoms with Gasteiger partial charge in [0.25, 0.3) is 11.5 Å². The molecule has 0 aliphatic heterocycles. The van der Waals surface area contributed by atoms with E-state index in [-0.39, 0.29) is 18.8 Å². The molecule has 7 nitrogen and oxygen atoms in total. The molecule has 1 N–H and O–H groups in total. The second kappa shape index (κ2) is 9.70. The number of aryl methyl sites for hydroxylation is 3. The van der Waals surface area contributed by atoms with Crippen LogP contribution in [-0.2, 0) is 13.1 Å². The van der Waals surface area contributed by atoms with E-state index in [9.17, 15) is 14.4 Å². The molecule has 0 fully saturated rings. The Kier molecular flexibility index (Phi) is 6.54. The van der Waals surface area contributed by atoms with E-state index in [0.717, 1.165) is 37.1 Å². The molecule has 3 aromatic carbocycles. The van der Waals surface area contributed by atoms with Crippen molar-refractivity contribution in [1.82, 2.24) is 19.7 Å². The molecular weight excluding hydrogens is 428 g/mol. The van der Waals surface area contributed by atoms with Crippen LogP contribution in [0, 0.1) is 20.8 Å². The lowest BCUT2D eigenvalue weighted by molar-refractivity contribution is 0.0941. The van der Waals surface area contributed by atoms with E-state index in [2.05, 4.69) is 10.4 Å². The number of nitrogens with zero attached hydrogens (tertiary/aromatic N) is 3. The van der Waals surface area contributed by atoms with Crippen LogP contribution >= 0.6 is 0 Å². The molecule has 0 spiro atoms. The van der Waals surface area contributed by atoms with Crippen molar-refractivity contribution in [3.63, 3.8) is 0 Å². The number of rotatable bonds is 6. The highest BCUT2D eigenvalue weighted by Gasteiger charge is 2.20. The lowest BCUT2D eigenvalue weighted by Crippen LogP contribution is -2.46. The van der Waals surface area contributed by atoms with Gasteiger partial charge >= 0.3 is 5.69 Å². The van der Waals surface area contributed by atoms with Crippen LogP contribution in [0.4, 0.5) is 0 Å². The fraction of sp³-hybridized carbons (Fsp3) is 0.185. The summed E-state index contributed by atoms with van der Waals surface area (Å²) < 4.78 is 2.19. The van der Waals surface area contributed by atoms with E-state index in [0.29, 0.717) is 5.69 Å². The lowest BCUT2D eigenvalue weighted by Gasteiger charge is -2.13. The van der Waals surface area contributed by atoms with Crippen LogP contribution in [0.3, 0.4) is 0 Å². The predicted octanol–water partition coefficient (Wildman–Crippen LogP) is 3.30. The summed E-state index contributed by atoms with van der Waals surface area (Å²) in [5, 5.41) is 6.96. The predicted molar refractivity (Wildman–Crippen MR) is 131 cm³/mol. The molecule has 34 heavy (non-hydrogen) atoms. The first-order chi connectivity index (χ1) is 16.3. The van der Waals surface area contributed by atoms with Crippen LogP contribution in [0.2, 0.25) is 0 Å². The third-order valence-corrected chi connectivity index (χ3v) is 5.48. The zero-order chi connectivity index (χ0) is 24.2. The third kappa shape index (κ3) is 5.04. The van der Waals surface area contributed by atoms with Crippen molar-refractivity contribution in [2.45, 2.75) is 33.9 Å². The third-order valence-electron chi connectivity index (χ3n) is 5.48. The number of carbonyl (C=O) groups is 1. The molecule has 0 radical (unpaired) electrons. The smallest absolute Gasteiger partial charge is 0.346 e. The number of amides is 1. The molecule has 7 heteroatoms. The Balaban J connectivity index is 1.81. The van der Waals surface area contributed by atoms with Crippen molar-refractivity contribution < 1.29 is 4.79 Å². The van der Waals surface area contributed by atoms with Gasteiger partial charge in [0, 0.05) is 6.54 Å². The molecule has 0 bridgehead atoms. The van der Waals surface area contributed by atoms with Crippen LogP contribution in [0.1, 0.15) is 38.3 Å². The van der Waals surface area contributed by atoms with Gasteiger partial charge in [-0.15, -0.1) is 0 Å². The molecule has 172 valence electrons. The van der Waals surface area contributed by atoms with Gasteiger partial charge in [-0.3, -0.25) is 14.2 Å². The number of carbonyl (C=O) groups excluding carboxylic acids is 1. The van der Waals surface area contributed by atoms with E-state index in [4.69, 9.17) is 0 Å². The summed E-state index contributed by atoms with van der Waals surface area (Å²) in [5.74, 6) is -0.635. The van der Waals surface area contributed by atoms with Crippen molar-refractivity contribution >= 4 is 5.91 Å². The van der Waals surface area contributed by atoms with Crippen molar-refractivity contribution in [3.05, 3.63) is 127 Å². The normalized spacial score (nSPS) is 10.8. The highest BCUT2D eigenvalue weighted by Crippen LogP contribution is 2.11. The minimum atomic E-state index is -0.725. The first-order valence-corrected chi connectivity index (χ1v) is 11.0. The molecule has 0 atom stereocenters. The van der Waals surface area contributed by atoms with Gasteiger partial charge in [0.05, 0.1) is 12.2 Å². The van der Waals surface area contributed by atoms with Gasteiger partial charge < -0.3 is 5.32 Å². The summed E-state index contributed by atoms with van der Waals surface area (Å²) in [4.78, 5) is 39.6. The summed E-state index contributed by atoms with van der Waals surface area (Å²) in [6.07, 6.45) is 0. The van der Waals surface area contributed by atoms with Crippen molar-refractivity contribution in [2.24, 2.45) is 0 Å². The summed E-state index contributed by atoms with van der Waals surface area (Å²) in [6, 6.07) is 22.5. The molecule has 4 aromatic rings. The Hall–Kier alpha value is -4.26. The largest absolute Gasteiger partial charge is 0.352 e. The number of hydrogen-bond donors (Lipinski definition) is 1. The van der Waals surface area contributed by atoms with E-state index in [1.54, 1.807) is 12.1 Å². The highest BCUT2D eigenvalue weighted by molar-refractivity contribution is 5.91. The minimum Gasteiger partial charge on any atom is -0.346 e. The zero-order valence-electron chi connectivity index (χ0n) is 19.4. The average Bonchev–Trinajstić information content (AvgIpc) is 2.81. The highest BCUT2D eigenvalue weighted by atomic mass is 16.2. The van der Waals surface area contributed by atoms with Gasteiger partial charge in [0.2, 0.25) is 5.69 Å². The maximum absolute atomic E-state index is 13.4. The molecule has 1 amide bonds. The van der Waals surface area contributed by atoms with Crippen LogP contribution < -0.4 is 16.6 Å². The maximum atomic E-state index is 13.4. The molecule has 1 heterocycles. The summed E-state index contributed by atoms with van der Waals surface area (Å²) in [7, 11) is 0. The van der Waals surface area contributed by atoms with Gasteiger partial charge in [-0.25, -0.2) is 4.79 Å². The average molecular weight is 455 g/mol. The van der Waals surface area contributed by atoms with E-state index in [1.165, 1.54) is 0 Å². The van der Waals surface area contributed by atoms with E-state index in [1.807, 2.05) is 81.4 Å². The molecule has 0 aliphatic carbocycles. The monoisotopic (exact) mass is 454 g/mol. The van der Waals surface area contributed by atoms with Crippen molar-refractivity contribution in [2.75, 3.05) is 0 Å². The minimum absolute atomic E-state index is 0.0320. The second-order valence-corrected chi connectivity index (χ2v) is 8.43. The Morgan fingerprint density at radius 2 is 1.47 bits per heavy atom. The Labute approximate surface area is 197 Å². The Bertz CT molecular complexity index is 1430. The number of nitrogens with one attached hydrogen (secondary N) is 1. The molecule has 0 saturated heterocycles. The molecule has 4 rings (SSSR count). The molecule has 1 aromatic heterocycles. The summed E-state index contributed by atoms with van der Waals surface area (Å²) >= 11 is 0. The van der Waals surface area contributed by atoms with Gasteiger partial charge in [-0.05, 0) is 55.2 Å². The van der Waals surface area contributed by atoms with Gasteiger partial charge in [0.15, 0.2) is 0 Å². The van der Waals surface area contributed by atoms with E-state index < -0.39 is 17.2 Å². The van der Waals surface area contributed by atoms with Crippen LogP contribution in [0.5, 0.6) is 0 Å². The quantitative estimate of drug-likeness (QED) is 0.484. The fourth-order valence-corrected chi connectivity index (χ4v) is 3.78. The van der Waals surface area contributed by atoms with Gasteiger partial charge in [-0.2, -0.15) is 9.78 Å². The van der Waals surface area contributed by atoms with Gasteiger partial charge in [0.1, 0.15) is 0 Å². The Morgan fingerprint density at radius 3 is 2.12 bits per heavy atom. The van der Waals surface area contributed by atoms with Crippen molar-refractivity contribution in [1.29, 1.82) is 0 Å². The summed E-state index contributed by atoms with van der Waals surface area (Å²) in [5.41, 5.74) is 3.45. The van der Waals surface area contributed by atoms with Crippen LogP contribution in [-0.4, -0.2) is 20.3 Å². The maximum Gasteiger partial charge on any atom is 0.352 e. The van der Waals surface area contributed by atoms with Crippen molar-refractivity contribution in [3.8, 4) is 5.69 Å². The molecular formula is C27H26N4O3. The molecule has 0 aliphatic rings. The van der Waals surface area contributed by atoms with Gasteiger partial charge in [-0.1, -0.05) is 66.2 Å². The number of hydrogen-bond acceptors (Lipinski definition) is 4. The fourth-order valence-electron chi connectivity index (χ4n) is 3.78. The lowest BCUT2D eigenvalue weighted by atomic mass is 10.1. The number of benzene rings is 3. The first-order valence-electron chi connectivity index (χ1n) is 11.0. The van der Waals surface area contributed by atoms with E-state index >= 15 is 0 Å². The zero-order valence-corrected chi connectivity index (χ0v) is 19.4. The standard InChI is InChI=1S/C27H26N4O3/c1-18-9-11-22(12-10-18)17-30-26(33)24(25(32)28-16-21-7-5-4-6-8-21)29-31(27(30)34)23-14-19(2)13-20(3)15-23/h4-15H,16-17H2,1-3H3,(H,28,32). The molecule has 0 unspecified atom stereocenters.